The predicted molar refractivity (Wildman–Crippen MR) is 60.2 cm³/mol. The van der Waals surface area contributed by atoms with Gasteiger partial charge in [0.05, 0.1) is 0 Å². The van der Waals surface area contributed by atoms with Crippen molar-refractivity contribution in [3.8, 4) is 0 Å². The molecule has 3 unspecified atom stereocenters. The van der Waals surface area contributed by atoms with Crippen molar-refractivity contribution < 1.29 is 0 Å². The van der Waals surface area contributed by atoms with Crippen molar-refractivity contribution in [2.75, 3.05) is 6.54 Å². The average Bonchev–Trinajstić information content (AvgIpc) is 2.87. The fraction of sp³-hybridized carbons (Fsp3) is 1.00. The number of hydrogen-bond acceptors (Lipinski definition) is 2. The SMILES string of the molecule is CC1CC(N)CCN1C(C)CC1CC1. The lowest BCUT2D eigenvalue weighted by Crippen LogP contribution is -2.49. The van der Waals surface area contributed by atoms with E-state index < -0.39 is 0 Å². The van der Waals surface area contributed by atoms with Crippen molar-refractivity contribution in [2.24, 2.45) is 11.7 Å². The lowest BCUT2D eigenvalue weighted by atomic mass is 9.96. The summed E-state index contributed by atoms with van der Waals surface area (Å²) in [5.74, 6) is 1.05. The first kappa shape index (κ1) is 10.4. The minimum absolute atomic E-state index is 0.453. The maximum atomic E-state index is 5.97. The molecule has 14 heavy (non-hydrogen) atoms. The highest BCUT2D eigenvalue weighted by molar-refractivity contribution is 4.86. The molecule has 2 aliphatic rings. The first-order chi connectivity index (χ1) is 6.66. The Hall–Kier alpha value is -0.0800. The van der Waals surface area contributed by atoms with Crippen LogP contribution in [0.3, 0.4) is 0 Å². The van der Waals surface area contributed by atoms with Gasteiger partial charge in [0.15, 0.2) is 0 Å². The minimum Gasteiger partial charge on any atom is -0.328 e. The molecule has 0 bridgehead atoms. The summed E-state index contributed by atoms with van der Waals surface area (Å²) in [6, 6.07) is 1.94. The van der Waals surface area contributed by atoms with Gasteiger partial charge in [0.1, 0.15) is 0 Å². The Morgan fingerprint density at radius 2 is 2.07 bits per heavy atom. The van der Waals surface area contributed by atoms with Crippen LogP contribution >= 0.6 is 0 Å². The van der Waals surface area contributed by atoms with Gasteiger partial charge in [-0.3, -0.25) is 4.90 Å². The third kappa shape index (κ3) is 2.48. The molecule has 0 aromatic carbocycles. The smallest absolute Gasteiger partial charge is 0.00844 e. The van der Waals surface area contributed by atoms with Gasteiger partial charge in [0.25, 0.3) is 0 Å². The highest BCUT2D eigenvalue weighted by Crippen LogP contribution is 2.35. The van der Waals surface area contributed by atoms with E-state index in [1.807, 2.05) is 0 Å². The van der Waals surface area contributed by atoms with Gasteiger partial charge < -0.3 is 5.73 Å². The molecule has 0 radical (unpaired) electrons. The van der Waals surface area contributed by atoms with E-state index in [1.165, 1.54) is 38.6 Å². The quantitative estimate of drug-likeness (QED) is 0.748. The van der Waals surface area contributed by atoms with Crippen LogP contribution in [0.4, 0.5) is 0 Å². The second kappa shape index (κ2) is 4.19. The van der Waals surface area contributed by atoms with Crippen LogP contribution in [0.2, 0.25) is 0 Å². The lowest BCUT2D eigenvalue weighted by Gasteiger charge is -2.40. The number of piperidine rings is 1. The maximum absolute atomic E-state index is 5.97. The summed E-state index contributed by atoms with van der Waals surface area (Å²) in [4.78, 5) is 2.67. The topological polar surface area (TPSA) is 29.3 Å². The second-order valence-corrected chi connectivity index (χ2v) is 5.40. The summed E-state index contributed by atoms with van der Waals surface area (Å²) in [7, 11) is 0. The molecule has 2 fully saturated rings. The summed E-state index contributed by atoms with van der Waals surface area (Å²) in [5, 5.41) is 0. The normalized spacial score (nSPS) is 37.1. The van der Waals surface area contributed by atoms with Crippen LogP contribution in [0, 0.1) is 5.92 Å². The molecule has 2 nitrogen and oxygen atoms in total. The lowest BCUT2D eigenvalue weighted by molar-refractivity contribution is 0.0966. The van der Waals surface area contributed by atoms with Crippen molar-refractivity contribution in [1.29, 1.82) is 0 Å². The van der Waals surface area contributed by atoms with Crippen molar-refractivity contribution >= 4 is 0 Å². The Balaban J connectivity index is 1.82. The first-order valence-corrected chi connectivity index (χ1v) is 6.18. The highest BCUT2D eigenvalue weighted by Gasteiger charge is 2.30. The molecule has 1 aliphatic carbocycles. The zero-order valence-electron chi connectivity index (χ0n) is 9.58. The van der Waals surface area contributed by atoms with Crippen molar-refractivity contribution in [1.82, 2.24) is 4.90 Å². The van der Waals surface area contributed by atoms with Crippen molar-refractivity contribution in [3.05, 3.63) is 0 Å². The van der Waals surface area contributed by atoms with Gasteiger partial charge in [0.2, 0.25) is 0 Å². The summed E-state index contributed by atoms with van der Waals surface area (Å²) in [6.45, 7) is 5.95. The molecule has 2 rings (SSSR count). The minimum atomic E-state index is 0.453. The summed E-state index contributed by atoms with van der Waals surface area (Å²) < 4.78 is 0. The first-order valence-electron chi connectivity index (χ1n) is 6.18. The summed E-state index contributed by atoms with van der Waals surface area (Å²) in [5.41, 5.74) is 5.97. The van der Waals surface area contributed by atoms with E-state index in [0.29, 0.717) is 12.1 Å². The van der Waals surface area contributed by atoms with Crippen LogP contribution in [0.5, 0.6) is 0 Å². The van der Waals surface area contributed by atoms with E-state index >= 15 is 0 Å². The highest BCUT2D eigenvalue weighted by atomic mass is 15.2. The van der Waals surface area contributed by atoms with Crippen molar-refractivity contribution in [3.63, 3.8) is 0 Å². The second-order valence-electron chi connectivity index (χ2n) is 5.40. The van der Waals surface area contributed by atoms with Gasteiger partial charge in [0, 0.05) is 24.7 Å². The standard InChI is InChI=1S/C12H24N2/c1-9(7-11-3-4-11)14-6-5-12(13)8-10(14)2/h9-12H,3-8,13H2,1-2H3. The summed E-state index contributed by atoms with van der Waals surface area (Å²) in [6.07, 6.45) is 6.76. The van der Waals surface area contributed by atoms with Gasteiger partial charge in [-0.25, -0.2) is 0 Å². The molecule has 82 valence electrons. The Bertz CT molecular complexity index is 189. The zero-order chi connectivity index (χ0) is 10.1. The largest absolute Gasteiger partial charge is 0.328 e. The maximum Gasteiger partial charge on any atom is 0.00844 e. The number of likely N-dealkylation sites (tertiary alicyclic amines) is 1. The zero-order valence-corrected chi connectivity index (χ0v) is 9.58. The van der Waals surface area contributed by atoms with Crippen LogP contribution in [-0.2, 0) is 0 Å². The molecule has 3 atom stereocenters. The molecule has 0 aromatic heterocycles. The van der Waals surface area contributed by atoms with Gasteiger partial charge in [-0.15, -0.1) is 0 Å². The molecular formula is C12H24N2. The Labute approximate surface area is 87.8 Å². The molecule has 0 amide bonds. The molecule has 0 aromatic rings. The van der Waals surface area contributed by atoms with Gasteiger partial charge in [-0.2, -0.15) is 0 Å². The van der Waals surface area contributed by atoms with E-state index in [4.69, 9.17) is 5.73 Å². The molecule has 2 N–H and O–H groups in total. The van der Waals surface area contributed by atoms with Gasteiger partial charge >= 0.3 is 0 Å². The van der Waals surface area contributed by atoms with E-state index in [1.54, 1.807) is 0 Å². The third-order valence-electron chi connectivity index (χ3n) is 3.91. The van der Waals surface area contributed by atoms with Gasteiger partial charge in [-0.05, 0) is 39.0 Å². The molecule has 1 saturated carbocycles. The van der Waals surface area contributed by atoms with Crippen LogP contribution in [0.25, 0.3) is 0 Å². The fourth-order valence-electron chi connectivity index (χ4n) is 2.85. The Kier molecular flexibility index (Phi) is 3.13. The van der Waals surface area contributed by atoms with E-state index in [9.17, 15) is 0 Å². The summed E-state index contributed by atoms with van der Waals surface area (Å²) >= 11 is 0. The van der Waals surface area contributed by atoms with Gasteiger partial charge in [-0.1, -0.05) is 12.8 Å². The molecule has 1 aliphatic heterocycles. The van der Waals surface area contributed by atoms with E-state index in [-0.39, 0.29) is 0 Å². The molecule has 1 saturated heterocycles. The number of nitrogens with zero attached hydrogens (tertiary/aromatic N) is 1. The van der Waals surface area contributed by atoms with E-state index in [0.717, 1.165) is 12.0 Å². The van der Waals surface area contributed by atoms with Crippen LogP contribution < -0.4 is 5.73 Å². The number of nitrogens with two attached hydrogens (primary N) is 1. The van der Waals surface area contributed by atoms with Crippen LogP contribution in [0.1, 0.15) is 46.0 Å². The molecule has 1 heterocycles. The third-order valence-corrected chi connectivity index (χ3v) is 3.91. The van der Waals surface area contributed by atoms with Crippen LogP contribution in [-0.4, -0.2) is 29.6 Å². The molecular weight excluding hydrogens is 172 g/mol. The van der Waals surface area contributed by atoms with Crippen LogP contribution in [0.15, 0.2) is 0 Å². The number of hydrogen-bond donors (Lipinski definition) is 1. The fourth-order valence-corrected chi connectivity index (χ4v) is 2.85. The van der Waals surface area contributed by atoms with Crippen molar-refractivity contribution in [2.45, 2.75) is 64.1 Å². The number of rotatable bonds is 3. The molecule has 2 heteroatoms. The predicted octanol–water partition coefficient (Wildman–Crippen LogP) is 1.99. The molecule has 0 spiro atoms. The van der Waals surface area contributed by atoms with E-state index in [2.05, 4.69) is 18.7 Å². The Morgan fingerprint density at radius 3 is 2.64 bits per heavy atom. The average molecular weight is 196 g/mol. The monoisotopic (exact) mass is 196 g/mol. The Morgan fingerprint density at radius 1 is 1.36 bits per heavy atom.